The van der Waals surface area contributed by atoms with Gasteiger partial charge in [0.1, 0.15) is 34.5 Å². The first kappa shape index (κ1) is 56.4. The lowest BCUT2D eigenvalue weighted by atomic mass is 9.91. The van der Waals surface area contributed by atoms with E-state index in [9.17, 15) is 37.4 Å². The zero-order valence-corrected chi connectivity index (χ0v) is 42.8. The Morgan fingerprint density at radius 1 is 0.616 bits per heavy atom. The van der Waals surface area contributed by atoms with Gasteiger partial charge in [-0.15, -0.1) is 0 Å². The smallest absolute Gasteiger partial charge is 0.410 e. The number of carbonyl (C=O) groups excluding carboxylic acids is 2. The summed E-state index contributed by atoms with van der Waals surface area (Å²) in [5.74, 6) is -2.74. The molecule has 6 atom stereocenters. The number of hydrogen-bond donors (Lipinski definition) is 4. The summed E-state index contributed by atoms with van der Waals surface area (Å²) in [6.45, 7) is 15.0. The zero-order valence-electron chi connectivity index (χ0n) is 42.8. The van der Waals surface area contributed by atoms with Gasteiger partial charge < -0.3 is 30.7 Å². The summed E-state index contributed by atoms with van der Waals surface area (Å²) >= 11 is 0. The van der Waals surface area contributed by atoms with E-state index < -0.39 is 83.0 Å². The van der Waals surface area contributed by atoms with Crippen molar-refractivity contribution in [1.82, 2.24) is 24.9 Å². The molecule has 2 fully saturated rings. The van der Waals surface area contributed by atoms with Crippen LogP contribution in [0.4, 0.5) is 27.2 Å². The first-order valence-electron chi connectivity index (χ1n) is 24.9. The summed E-state index contributed by atoms with van der Waals surface area (Å²) < 4.78 is 66.9. The number of carbonyl (C=O) groups is 2. The van der Waals surface area contributed by atoms with Crippen LogP contribution >= 0.6 is 0 Å². The molecule has 0 aromatic heterocycles. The van der Waals surface area contributed by atoms with Crippen molar-refractivity contribution in [2.24, 2.45) is 5.73 Å². The van der Waals surface area contributed by atoms with E-state index in [0.717, 1.165) is 28.8 Å². The van der Waals surface area contributed by atoms with E-state index in [1.165, 1.54) is 29.2 Å². The maximum Gasteiger partial charge on any atom is 0.410 e. The van der Waals surface area contributed by atoms with Crippen LogP contribution in [-0.4, -0.2) is 129 Å². The van der Waals surface area contributed by atoms with Crippen LogP contribution in [0.3, 0.4) is 0 Å². The van der Waals surface area contributed by atoms with Crippen LogP contribution in [0, 0.1) is 23.3 Å². The first-order chi connectivity index (χ1) is 34.6. The van der Waals surface area contributed by atoms with Gasteiger partial charge >= 0.3 is 12.2 Å². The topological polar surface area (TPSA) is 144 Å². The van der Waals surface area contributed by atoms with Gasteiger partial charge in [0.25, 0.3) is 0 Å². The van der Waals surface area contributed by atoms with Crippen LogP contribution < -0.4 is 11.1 Å². The molecule has 0 aliphatic carbocycles. The lowest BCUT2D eigenvalue weighted by molar-refractivity contribution is -0.0610. The van der Waals surface area contributed by atoms with Crippen molar-refractivity contribution < 1.29 is 46.8 Å². The molecule has 2 amide bonds. The van der Waals surface area contributed by atoms with Crippen molar-refractivity contribution >= 4 is 12.2 Å². The highest BCUT2D eigenvalue weighted by Crippen LogP contribution is 2.28. The predicted octanol–water partition coefficient (Wildman–Crippen LogP) is 8.47. The third-order valence-electron chi connectivity index (χ3n) is 12.6. The average Bonchev–Trinajstić information content (AvgIpc) is 3.32. The number of nitrogens with zero attached hydrogens (tertiary/aromatic N) is 4. The SMILES string of the molecule is CC(C)(C)OC(=O)N1CCN(Cc2ccccc2)C[C@@H]1[C@@H](O)C(Cc1cc(F)cc(F)c1)N(Cc1ccccc1)Cc1ccccc1.CC(C)(C)OC(=O)N1CCNC[C@@H]1[C@@H](O)C(N)Cc1cc(F)cc(F)c1. The number of rotatable bonds is 15. The number of benzene rings is 5. The number of aliphatic hydroxyl groups is 2. The second-order valence-corrected chi connectivity index (χ2v) is 21.0. The molecule has 5 aromatic carbocycles. The molecule has 73 heavy (non-hydrogen) atoms. The molecule has 394 valence electrons. The molecule has 12 nitrogen and oxygen atoms in total. The maximum atomic E-state index is 14.5. The summed E-state index contributed by atoms with van der Waals surface area (Å²) in [5, 5.41) is 26.3. The predicted molar refractivity (Wildman–Crippen MR) is 274 cm³/mol. The van der Waals surface area contributed by atoms with Crippen molar-refractivity contribution in [3.8, 4) is 0 Å². The van der Waals surface area contributed by atoms with Gasteiger partial charge in [0, 0.05) is 83.1 Å². The molecule has 2 aliphatic heterocycles. The van der Waals surface area contributed by atoms with Crippen LogP contribution in [0.15, 0.2) is 127 Å². The van der Waals surface area contributed by atoms with Gasteiger partial charge in [-0.3, -0.25) is 19.6 Å². The summed E-state index contributed by atoms with van der Waals surface area (Å²) in [4.78, 5) is 33.6. The molecule has 2 saturated heterocycles. The highest BCUT2D eigenvalue weighted by atomic mass is 19.1. The van der Waals surface area contributed by atoms with Crippen molar-refractivity contribution in [2.45, 2.75) is 122 Å². The van der Waals surface area contributed by atoms with Crippen LogP contribution in [-0.2, 0) is 41.9 Å². The molecule has 2 aliphatic rings. The molecule has 0 radical (unpaired) electrons. The third-order valence-corrected chi connectivity index (χ3v) is 12.6. The fourth-order valence-electron chi connectivity index (χ4n) is 9.30. The number of ether oxygens (including phenoxy) is 2. The van der Waals surface area contributed by atoms with E-state index >= 15 is 0 Å². The molecule has 2 heterocycles. The number of aliphatic hydroxyl groups excluding tert-OH is 2. The van der Waals surface area contributed by atoms with E-state index in [0.29, 0.717) is 70.0 Å². The first-order valence-corrected chi connectivity index (χ1v) is 24.9. The average molecular weight is 1010 g/mol. The number of hydrogen-bond acceptors (Lipinski definition) is 10. The van der Waals surface area contributed by atoms with E-state index in [1.54, 1.807) is 25.7 Å². The van der Waals surface area contributed by atoms with Crippen LogP contribution in [0.1, 0.15) is 69.4 Å². The Bertz CT molecular complexity index is 2440. The van der Waals surface area contributed by atoms with Crippen LogP contribution in [0.5, 0.6) is 0 Å². The maximum absolute atomic E-state index is 14.5. The highest BCUT2D eigenvalue weighted by molar-refractivity contribution is 5.69. The fourth-order valence-corrected chi connectivity index (χ4v) is 9.30. The second-order valence-electron chi connectivity index (χ2n) is 21.0. The minimum atomic E-state index is -1.10. The zero-order chi connectivity index (χ0) is 52.9. The van der Waals surface area contributed by atoms with E-state index in [4.69, 9.17) is 15.2 Å². The summed E-state index contributed by atoms with van der Waals surface area (Å²) in [7, 11) is 0. The molecular formula is C57H72F4N6O6. The molecule has 0 spiro atoms. The monoisotopic (exact) mass is 1010 g/mol. The second kappa shape index (κ2) is 25.9. The van der Waals surface area contributed by atoms with Crippen molar-refractivity contribution in [3.63, 3.8) is 0 Å². The number of amides is 2. The summed E-state index contributed by atoms with van der Waals surface area (Å²) in [5.41, 5.74) is 8.66. The molecule has 5 aromatic rings. The number of nitrogens with one attached hydrogen (secondary N) is 1. The molecular weight excluding hydrogens is 941 g/mol. The van der Waals surface area contributed by atoms with Gasteiger partial charge in [-0.2, -0.15) is 0 Å². The van der Waals surface area contributed by atoms with Crippen LogP contribution in [0.2, 0.25) is 0 Å². The quantitative estimate of drug-likeness (QED) is 0.0755. The standard InChI is InChI=1S/C39H45F2N3O3.C18H27F2N3O3/c1-39(2,3)47-38(46)44-20-19-42(25-29-13-7-4-8-14-29)28-36(44)37(45)35(23-32-21-33(40)24-34(41)22-32)43(26-30-15-9-5-10-16-30)27-31-17-11-6-12-18-31;1-18(2,3)26-17(25)23-5-4-22-10-15(23)16(24)14(21)8-11-6-12(19)9-13(20)7-11/h4-18,21-22,24,35-37,45H,19-20,23,25-28H2,1-3H3;6-7,9,14-16,22,24H,4-5,8,10,21H2,1-3H3/t35?,36-,37+;14?,15-,16+/m11/s1. The molecule has 5 N–H and O–H groups in total. The lowest BCUT2D eigenvalue weighted by Crippen LogP contribution is -2.64. The normalized spacial score (nSPS) is 18.3. The van der Waals surface area contributed by atoms with Crippen molar-refractivity contribution in [3.05, 3.63) is 178 Å². The molecule has 16 heteroatoms. The lowest BCUT2D eigenvalue weighted by Gasteiger charge is -2.47. The van der Waals surface area contributed by atoms with Gasteiger partial charge in [-0.25, -0.2) is 27.2 Å². The molecule has 0 saturated carbocycles. The largest absolute Gasteiger partial charge is 0.444 e. The minimum absolute atomic E-state index is 0.0779. The number of nitrogens with two attached hydrogens (primary N) is 1. The van der Waals surface area contributed by atoms with E-state index in [2.05, 4.69) is 27.2 Å². The summed E-state index contributed by atoms with van der Waals surface area (Å²) in [6.07, 6.45) is -2.95. The van der Waals surface area contributed by atoms with Gasteiger partial charge in [-0.1, -0.05) is 91.0 Å². The Morgan fingerprint density at radius 2 is 1.05 bits per heavy atom. The Morgan fingerprint density at radius 3 is 1.52 bits per heavy atom. The highest BCUT2D eigenvalue weighted by Gasteiger charge is 2.42. The Kier molecular flexibility index (Phi) is 20.0. The summed E-state index contributed by atoms with van der Waals surface area (Å²) in [6, 6.07) is 34.0. The Labute approximate surface area is 427 Å². The van der Waals surface area contributed by atoms with Crippen LogP contribution in [0.25, 0.3) is 0 Å². The van der Waals surface area contributed by atoms with Gasteiger partial charge in [-0.05, 0) is 106 Å². The number of piperazine rings is 2. The van der Waals surface area contributed by atoms with E-state index in [1.807, 2.05) is 99.6 Å². The van der Waals surface area contributed by atoms with Crippen molar-refractivity contribution in [1.29, 1.82) is 0 Å². The van der Waals surface area contributed by atoms with E-state index in [-0.39, 0.29) is 12.8 Å². The Hall–Kier alpha value is -5.88. The fraction of sp³-hybridized carbons (Fsp3) is 0.439. The molecule has 2 unspecified atom stereocenters. The number of halogens is 4. The minimum Gasteiger partial charge on any atom is -0.444 e. The van der Waals surface area contributed by atoms with Crippen molar-refractivity contribution in [2.75, 3.05) is 39.3 Å². The van der Waals surface area contributed by atoms with Gasteiger partial charge in [0.15, 0.2) is 0 Å². The molecule has 0 bridgehead atoms. The van der Waals surface area contributed by atoms with Gasteiger partial charge in [0.05, 0.1) is 24.3 Å². The molecule has 7 rings (SSSR count). The van der Waals surface area contributed by atoms with Gasteiger partial charge in [0.2, 0.25) is 0 Å². The third kappa shape index (κ3) is 17.6. The Balaban J connectivity index is 0.000000283.